The highest BCUT2D eigenvalue weighted by atomic mass is 16.5. The molecule has 4 heteroatoms. The molecule has 0 amide bonds. The van der Waals surface area contributed by atoms with Crippen molar-refractivity contribution in [3.8, 4) is 0 Å². The fourth-order valence-electron chi connectivity index (χ4n) is 1.79. The highest BCUT2D eigenvalue weighted by Crippen LogP contribution is 2.27. The van der Waals surface area contributed by atoms with Crippen LogP contribution in [0.4, 0.5) is 5.69 Å². The van der Waals surface area contributed by atoms with Crippen LogP contribution in [0.2, 0.25) is 0 Å². The highest BCUT2D eigenvalue weighted by Gasteiger charge is 2.33. The number of benzene rings is 1. The zero-order valence-corrected chi connectivity index (χ0v) is 10.2. The van der Waals surface area contributed by atoms with Crippen molar-refractivity contribution in [2.45, 2.75) is 6.92 Å². The van der Waals surface area contributed by atoms with Crippen LogP contribution >= 0.6 is 0 Å². The van der Waals surface area contributed by atoms with E-state index in [0.29, 0.717) is 5.56 Å². The number of para-hydroxylation sites is 1. The van der Waals surface area contributed by atoms with Crippen molar-refractivity contribution in [3.05, 3.63) is 29.8 Å². The SMILES string of the molecule is COC(=O)c1ccccc1NCC1(C)COC1. The number of nitrogens with one attached hydrogen (secondary N) is 1. The van der Waals surface area contributed by atoms with Crippen LogP contribution < -0.4 is 5.32 Å². The molecule has 1 heterocycles. The summed E-state index contributed by atoms with van der Waals surface area (Å²) in [5.74, 6) is -0.317. The van der Waals surface area contributed by atoms with Crippen LogP contribution in [0, 0.1) is 5.41 Å². The van der Waals surface area contributed by atoms with E-state index in [4.69, 9.17) is 9.47 Å². The molecular weight excluding hydrogens is 218 g/mol. The minimum Gasteiger partial charge on any atom is -0.465 e. The summed E-state index contributed by atoms with van der Waals surface area (Å²) < 4.78 is 9.94. The lowest BCUT2D eigenvalue weighted by molar-refractivity contribution is -0.0924. The van der Waals surface area contributed by atoms with Crippen LogP contribution in [0.15, 0.2) is 24.3 Å². The molecule has 92 valence electrons. The average molecular weight is 235 g/mol. The quantitative estimate of drug-likeness (QED) is 0.810. The van der Waals surface area contributed by atoms with Gasteiger partial charge in [-0.1, -0.05) is 19.1 Å². The van der Waals surface area contributed by atoms with Gasteiger partial charge >= 0.3 is 5.97 Å². The molecule has 1 aromatic rings. The molecule has 0 saturated carbocycles. The van der Waals surface area contributed by atoms with Gasteiger partial charge in [-0.3, -0.25) is 0 Å². The first-order valence-corrected chi connectivity index (χ1v) is 5.64. The molecule has 1 aromatic carbocycles. The molecule has 4 nitrogen and oxygen atoms in total. The second-order valence-corrected chi connectivity index (χ2v) is 4.69. The number of hydrogen-bond donors (Lipinski definition) is 1. The fraction of sp³-hybridized carbons (Fsp3) is 0.462. The Labute approximate surface area is 101 Å². The van der Waals surface area contributed by atoms with E-state index in [1.165, 1.54) is 7.11 Å². The van der Waals surface area contributed by atoms with Gasteiger partial charge in [-0.05, 0) is 12.1 Å². The molecular formula is C13H17NO3. The largest absolute Gasteiger partial charge is 0.465 e. The van der Waals surface area contributed by atoms with E-state index in [9.17, 15) is 4.79 Å². The summed E-state index contributed by atoms with van der Waals surface area (Å²) in [6, 6.07) is 7.36. The molecule has 0 aromatic heterocycles. The zero-order valence-electron chi connectivity index (χ0n) is 10.2. The van der Waals surface area contributed by atoms with Gasteiger partial charge < -0.3 is 14.8 Å². The maximum atomic E-state index is 11.6. The molecule has 0 radical (unpaired) electrons. The fourth-order valence-corrected chi connectivity index (χ4v) is 1.79. The molecule has 1 aliphatic heterocycles. The Morgan fingerprint density at radius 2 is 2.18 bits per heavy atom. The van der Waals surface area contributed by atoms with E-state index in [-0.39, 0.29) is 11.4 Å². The summed E-state index contributed by atoms with van der Waals surface area (Å²) in [6.45, 7) is 4.48. The van der Waals surface area contributed by atoms with Gasteiger partial charge in [-0.25, -0.2) is 4.79 Å². The second-order valence-electron chi connectivity index (χ2n) is 4.69. The van der Waals surface area contributed by atoms with Crippen LogP contribution in [0.5, 0.6) is 0 Å². The van der Waals surface area contributed by atoms with Crippen LogP contribution in [-0.2, 0) is 9.47 Å². The Bertz CT molecular complexity index is 413. The molecule has 1 N–H and O–H groups in total. The number of carbonyl (C=O) groups excluding carboxylic acids is 1. The van der Waals surface area contributed by atoms with Gasteiger partial charge in [0.25, 0.3) is 0 Å². The molecule has 0 bridgehead atoms. The maximum Gasteiger partial charge on any atom is 0.339 e. The normalized spacial score (nSPS) is 17.1. The molecule has 1 saturated heterocycles. The average Bonchev–Trinajstić information content (AvgIpc) is 2.33. The number of rotatable bonds is 4. The second kappa shape index (κ2) is 4.75. The zero-order chi connectivity index (χ0) is 12.3. The van der Waals surface area contributed by atoms with Crippen LogP contribution in [0.3, 0.4) is 0 Å². The molecule has 17 heavy (non-hydrogen) atoms. The number of hydrogen-bond acceptors (Lipinski definition) is 4. The molecule has 1 fully saturated rings. The predicted molar refractivity (Wildman–Crippen MR) is 65.2 cm³/mol. The summed E-state index contributed by atoms with van der Waals surface area (Å²) in [7, 11) is 1.39. The summed E-state index contributed by atoms with van der Waals surface area (Å²) in [4.78, 5) is 11.6. The van der Waals surface area contributed by atoms with E-state index in [1.807, 2.05) is 18.2 Å². The Hall–Kier alpha value is -1.55. The molecule has 0 aliphatic carbocycles. The van der Waals surface area contributed by atoms with Crippen molar-refractivity contribution < 1.29 is 14.3 Å². The van der Waals surface area contributed by atoms with E-state index in [1.54, 1.807) is 6.07 Å². The van der Waals surface area contributed by atoms with Crippen LogP contribution in [-0.4, -0.2) is 32.8 Å². The Morgan fingerprint density at radius 1 is 1.47 bits per heavy atom. The minimum absolute atomic E-state index is 0.170. The van der Waals surface area contributed by atoms with Gasteiger partial charge in [0.15, 0.2) is 0 Å². The summed E-state index contributed by atoms with van der Waals surface area (Å²) in [5, 5.41) is 3.29. The third-order valence-corrected chi connectivity index (χ3v) is 2.94. The molecule has 0 atom stereocenters. The molecule has 0 unspecified atom stereocenters. The maximum absolute atomic E-state index is 11.6. The first kappa shape index (κ1) is 11.9. The van der Waals surface area contributed by atoms with Crippen LogP contribution in [0.1, 0.15) is 17.3 Å². The van der Waals surface area contributed by atoms with E-state index in [2.05, 4.69) is 12.2 Å². The van der Waals surface area contributed by atoms with Crippen molar-refractivity contribution in [3.63, 3.8) is 0 Å². The predicted octanol–water partition coefficient (Wildman–Crippen LogP) is 1.92. The number of esters is 1. The van der Waals surface area contributed by atoms with Crippen molar-refractivity contribution >= 4 is 11.7 Å². The van der Waals surface area contributed by atoms with Gasteiger partial charge in [0.2, 0.25) is 0 Å². The van der Waals surface area contributed by atoms with E-state index < -0.39 is 0 Å². The van der Waals surface area contributed by atoms with Gasteiger partial charge in [-0.15, -0.1) is 0 Å². The Morgan fingerprint density at radius 3 is 2.76 bits per heavy atom. The first-order chi connectivity index (χ1) is 8.14. The third-order valence-electron chi connectivity index (χ3n) is 2.94. The number of carbonyl (C=O) groups is 1. The minimum atomic E-state index is -0.317. The van der Waals surface area contributed by atoms with Gasteiger partial charge in [0.05, 0.1) is 25.9 Å². The lowest BCUT2D eigenvalue weighted by Crippen LogP contribution is -2.45. The summed E-state index contributed by atoms with van der Waals surface area (Å²) in [5.41, 5.74) is 1.55. The highest BCUT2D eigenvalue weighted by molar-refractivity contribution is 5.95. The lowest BCUT2D eigenvalue weighted by atomic mass is 9.88. The van der Waals surface area contributed by atoms with Crippen molar-refractivity contribution in [2.75, 3.05) is 32.2 Å². The van der Waals surface area contributed by atoms with Gasteiger partial charge in [0, 0.05) is 17.6 Å². The Balaban J connectivity index is 2.07. The third kappa shape index (κ3) is 2.58. The summed E-state index contributed by atoms with van der Waals surface area (Å²) in [6.07, 6.45) is 0. The monoisotopic (exact) mass is 235 g/mol. The van der Waals surface area contributed by atoms with Crippen molar-refractivity contribution in [2.24, 2.45) is 5.41 Å². The number of ether oxygens (including phenoxy) is 2. The Kier molecular flexibility index (Phi) is 3.33. The topological polar surface area (TPSA) is 47.6 Å². The molecule has 1 aliphatic rings. The molecule has 0 spiro atoms. The van der Waals surface area contributed by atoms with Gasteiger partial charge in [-0.2, -0.15) is 0 Å². The van der Waals surface area contributed by atoms with Crippen LogP contribution in [0.25, 0.3) is 0 Å². The smallest absolute Gasteiger partial charge is 0.339 e. The lowest BCUT2D eigenvalue weighted by Gasteiger charge is -2.38. The molecule has 2 rings (SSSR count). The number of methoxy groups -OCH3 is 1. The van der Waals surface area contributed by atoms with E-state index in [0.717, 1.165) is 25.4 Å². The standard InChI is InChI=1S/C13H17NO3/c1-13(8-17-9-13)7-14-11-6-4-3-5-10(11)12(15)16-2/h3-6,14H,7-9H2,1-2H3. The van der Waals surface area contributed by atoms with E-state index >= 15 is 0 Å². The number of anilines is 1. The van der Waals surface area contributed by atoms with Gasteiger partial charge in [0.1, 0.15) is 0 Å². The first-order valence-electron chi connectivity index (χ1n) is 5.64. The summed E-state index contributed by atoms with van der Waals surface area (Å²) >= 11 is 0. The van der Waals surface area contributed by atoms with Crippen molar-refractivity contribution in [1.29, 1.82) is 0 Å². The van der Waals surface area contributed by atoms with Crippen molar-refractivity contribution in [1.82, 2.24) is 0 Å².